The summed E-state index contributed by atoms with van der Waals surface area (Å²) < 4.78 is 47.4. The molecule has 2 aliphatic rings. The maximum absolute atomic E-state index is 14.0. The molecule has 1 aliphatic carbocycles. The van der Waals surface area contributed by atoms with E-state index >= 15 is 0 Å². The molecule has 12 heteroatoms. The van der Waals surface area contributed by atoms with Crippen molar-refractivity contribution in [3.05, 3.63) is 47.5 Å². The van der Waals surface area contributed by atoms with E-state index in [-0.39, 0.29) is 24.5 Å². The molecule has 2 aromatic rings. The Balaban J connectivity index is 1.36. The van der Waals surface area contributed by atoms with Gasteiger partial charge in [0.1, 0.15) is 6.54 Å². The molecule has 33 heavy (non-hydrogen) atoms. The Morgan fingerprint density at radius 3 is 2.79 bits per heavy atom. The van der Waals surface area contributed by atoms with Crippen molar-refractivity contribution in [2.75, 3.05) is 23.8 Å². The summed E-state index contributed by atoms with van der Waals surface area (Å²) >= 11 is 0. The highest BCUT2D eigenvalue weighted by Crippen LogP contribution is 2.31. The van der Waals surface area contributed by atoms with Crippen molar-refractivity contribution in [1.29, 1.82) is 0 Å². The minimum atomic E-state index is -3.72. The van der Waals surface area contributed by atoms with Gasteiger partial charge in [-0.1, -0.05) is 6.07 Å². The van der Waals surface area contributed by atoms with E-state index in [0.29, 0.717) is 29.5 Å². The van der Waals surface area contributed by atoms with Gasteiger partial charge >= 0.3 is 6.03 Å². The van der Waals surface area contributed by atoms with Gasteiger partial charge in [-0.3, -0.25) is 15.0 Å². The van der Waals surface area contributed by atoms with Crippen LogP contribution >= 0.6 is 0 Å². The van der Waals surface area contributed by atoms with E-state index in [1.807, 2.05) is 0 Å². The van der Waals surface area contributed by atoms with Gasteiger partial charge in [0.2, 0.25) is 15.9 Å². The Labute approximate surface area is 190 Å². The van der Waals surface area contributed by atoms with Gasteiger partial charge in [-0.05, 0) is 49.4 Å². The standard InChI is InChI=1S/C21H24FN5O5S/c1-13(15-4-5-18(22)19(8-15)32-12-14-2-3-14)26-33(30,31)7-6-16-9-17(10-23-25-16)27-11-20(28)24-21(27)29/h4-5,8-10,13-14,26H,2-3,6-7,11-12H2,1H3,(H,24,28,29)/t13-/m1/s1. The Hall–Kier alpha value is -3.12. The maximum atomic E-state index is 14.0. The second-order valence-electron chi connectivity index (χ2n) is 8.20. The number of amides is 3. The SMILES string of the molecule is C[C@@H](NS(=O)(=O)CCc1cc(N2CC(=O)NC2=O)cnn1)c1ccc(F)c(OCC2CC2)c1. The molecule has 3 amide bonds. The first-order valence-corrected chi connectivity index (χ1v) is 12.2. The van der Waals surface area contributed by atoms with E-state index in [2.05, 4.69) is 20.2 Å². The van der Waals surface area contributed by atoms with E-state index in [1.54, 1.807) is 6.92 Å². The Morgan fingerprint density at radius 2 is 2.09 bits per heavy atom. The van der Waals surface area contributed by atoms with Crippen molar-refractivity contribution < 1.29 is 27.1 Å². The van der Waals surface area contributed by atoms with Crippen molar-refractivity contribution >= 4 is 27.6 Å². The lowest BCUT2D eigenvalue weighted by Gasteiger charge is -2.16. The molecule has 0 radical (unpaired) electrons. The minimum absolute atomic E-state index is 0.0471. The third kappa shape index (κ3) is 6.02. The summed E-state index contributed by atoms with van der Waals surface area (Å²) in [4.78, 5) is 24.4. The van der Waals surface area contributed by atoms with Gasteiger partial charge in [-0.25, -0.2) is 22.3 Å². The summed E-state index contributed by atoms with van der Waals surface area (Å²) in [5.41, 5.74) is 1.29. The van der Waals surface area contributed by atoms with Gasteiger partial charge in [-0.15, -0.1) is 0 Å². The van der Waals surface area contributed by atoms with Crippen molar-refractivity contribution in [1.82, 2.24) is 20.2 Å². The summed E-state index contributed by atoms with van der Waals surface area (Å²) in [5, 5.41) is 9.88. The number of benzene rings is 1. The smallest absolute Gasteiger partial charge is 0.329 e. The number of urea groups is 1. The highest BCUT2D eigenvalue weighted by molar-refractivity contribution is 7.89. The number of rotatable bonds is 10. The number of hydrogen-bond acceptors (Lipinski definition) is 7. The van der Waals surface area contributed by atoms with Crippen LogP contribution in [0.3, 0.4) is 0 Å². The summed E-state index contributed by atoms with van der Waals surface area (Å²) in [6.45, 7) is 1.98. The molecular weight excluding hydrogens is 453 g/mol. The number of nitrogens with one attached hydrogen (secondary N) is 2. The quantitative estimate of drug-likeness (QED) is 0.498. The zero-order valence-electron chi connectivity index (χ0n) is 18.0. The summed E-state index contributed by atoms with van der Waals surface area (Å²) in [7, 11) is -3.72. The molecule has 2 heterocycles. The molecule has 10 nitrogen and oxygen atoms in total. The highest BCUT2D eigenvalue weighted by atomic mass is 32.2. The number of ether oxygens (including phenoxy) is 1. The predicted octanol–water partition coefficient (Wildman–Crippen LogP) is 1.68. The average molecular weight is 478 g/mol. The van der Waals surface area contributed by atoms with Crippen LogP contribution in [0.4, 0.5) is 14.9 Å². The topological polar surface area (TPSA) is 131 Å². The first-order valence-electron chi connectivity index (χ1n) is 10.6. The van der Waals surface area contributed by atoms with E-state index < -0.39 is 33.8 Å². The number of nitrogens with zero attached hydrogens (tertiary/aromatic N) is 3. The van der Waals surface area contributed by atoms with Gasteiger partial charge in [0.05, 0.1) is 29.9 Å². The largest absolute Gasteiger partial charge is 0.490 e. The first-order chi connectivity index (χ1) is 15.7. The Morgan fingerprint density at radius 1 is 1.30 bits per heavy atom. The second kappa shape index (κ2) is 9.40. The molecule has 1 atom stereocenters. The van der Waals surface area contributed by atoms with Gasteiger partial charge in [-0.2, -0.15) is 10.2 Å². The molecule has 1 aromatic carbocycles. The zero-order valence-corrected chi connectivity index (χ0v) is 18.8. The average Bonchev–Trinajstić information content (AvgIpc) is 3.53. The minimum Gasteiger partial charge on any atom is -0.490 e. The Bertz CT molecular complexity index is 1170. The number of hydrogen-bond donors (Lipinski definition) is 2. The number of sulfonamides is 1. The lowest BCUT2D eigenvalue weighted by Crippen LogP contribution is -2.30. The number of halogens is 1. The van der Waals surface area contributed by atoms with Crippen LogP contribution in [-0.2, 0) is 21.2 Å². The number of anilines is 1. The predicted molar refractivity (Wildman–Crippen MR) is 117 cm³/mol. The number of carbonyl (C=O) groups excluding carboxylic acids is 2. The van der Waals surface area contributed by atoms with E-state index in [0.717, 1.165) is 12.8 Å². The van der Waals surface area contributed by atoms with Gasteiger partial charge < -0.3 is 4.74 Å². The first kappa shape index (κ1) is 23.1. The van der Waals surface area contributed by atoms with E-state index in [4.69, 9.17) is 4.74 Å². The van der Waals surface area contributed by atoms with Crippen molar-refractivity contribution in [3.8, 4) is 5.75 Å². The molecule has 0 spiro atoms. The molecule has 1 saturated heterocycles. The van der Waals surface area contributed by atoms with Crippen LogP contribution in [0.15, 0.2) is 30.5 Å². The summed E-state index contributed by atoms with van der Waals surface area (Å²) in [6, 6.07) is 4.65. The lowest BCUT2D eigenvalue weighted by atomic mass is 10.1. The van der Waals surface area contributed by atoms with Crippen LogP contribution in [0.25, 0.3) is 0 Å². The fourth-order valence-electron chi connectivity index (χ4n) is 3.35. The van der Waals surface area contributed by atoms with Crippen LogP contribution in [0, 0.1) is 11.7 Å². The van der Waals surface area contributed by atoms with Gasteiger partial charge in [0.25, 0.3) is 0 Å². The van der Waals surface area contributed by atoms with Crippen molar-refractivity contribution in [3.63, 3.8) is 0 Å². The van der Waals surface area contributed by atoms with Crippen molar-refractivity contribution in [2.24, 2.45) is 5.92 Å². The molecule has 2 fully saturated rings. The van der Waals surface area contributed by atoms with E-state index in [1.165, 1.54) is 35.4 Å². The van der Waals surface area contributed by atoms with Crippen LogP contribution in [0.2, 0.25) is 0 Å². The molecule has 1 saturated carbocycles. The molecule has 0 unspecified atom stereocenters. The molecule has 1 aliphatic heterocycles. The van der Waals surface area contributed by atoms with Crippen LogP contribution in [-0.4, -0.2) is 49.5 Å². The molecular formula is C21H24FN5O5S. The molecule has 2 N–H and O–H groups in total. The number of imide groups is 1. The fraction of sp³-hybridized carbons (Fsp3) is 0.429. The molecule has 176 valence electrons. The number of carbonyl (C=O) groups is 2. The van der Waals surface area contributed by atoms with Crippen LogP contribution < -0.4 is 19.7 Å². The molecule has 4 rings (SSSR count). The third-order valence-electron chi connectivity index (χ3n) is 5.41. The second-order valence-corrected chi connectivity index (χ2v) is 10.1. The van der Waals surface area contributed by atoms with Crippen molar-refractivity contribution in [2.45, 2.75) is 32.2 Å². The number of aryl methyl sites for hydroxylation is 1. The lowest BCUT2D eigenvalue weighted by molar-refractivity contribution is -0.117. The molecule has 1 aromatic heterocycles. The van der Waals surface area contributed by atoms with Crippen LogP contribution in [0.1, 0.15) is 37.1 Å². The maximum Gasteiger partial charge on any atom is 0.329 e. The van der Waals surface area contributed by atoms with Gasteiger partial charge in [0, 0.05) is 12.5 Å². The summed E-state index contributed by atoms with van der Waals surface area (Å²) in [6.07, 6.45) is 3.53. The Kier molecular flexibility index (Phi) is 6.56. The zero-order chi connectivity index (χ0) is 23.6. The monoisotopic (exact) mass is 477 g/mol. The molecule has 0 bridgehead atoms. The fourth-order valence-corrected chi connectivity index (χ4v) is 4.62. The highest BCUT2D eigenvalue weighted by Gasteiger charge is 2.28. The van der Waals surface area contributed by atoms with Gasteiger partial charge in [0.15, 0.2) is 11.6 Å². The number of aromatic nitrogens is 2. The van der Waals surface area contributed by atoms with Crippen LogP contribution in [0.5, 0.6) is 5.75 Å². The normalized spacial score (nSPS) is 17.2. The third-order valence-corrected chi connectivity index (χ3v) is 6.86. The van der Waals surface area contributed by atoms with E-state index in [9.17, 15) is 22.4 Å². The summed E-state index contributed by atoms with van der Waals surface area (Å²) in [5.74, 6) is -0.609.